The van der Waals surface area contributed by atoms with E-state index in [9.17, 15) is 9.90 Å². The van der Waals surface area contributed by atoms with Crippen molar-refractivity contribution in [1.29, 1.82) is 0 Å². The maximum atomic E-state index is 12.2. The molecule has 3 aromatic rings. The Morgan fingerprint density at radius 2 is 2.04 bits per heavy atom. The van der Waals surface area contributed by atoms with Gasteiger partial charge in [-0.05, 0) is 44.2 Å². The first-order valence-electron chi connectivity index (χ1n) is 7.56. The van der Waals surface area contributed by atoms with Gasteiger partial charge in [0.1, 0.15) is 5.69 Å². The summed E-state index contributed by atoms with van der Waals surface area (Å²) in [6, 6.07) is 9.28. The molecule has 0 saturated carbocycles. The molecule has 0 fully saturated rings. The number of carbonyl (C=O) groups is 1. The van der Waals surface area contributed by atoms with Crippen molar-refractivity contribution in [3.8, 4) is 0 Å². The zero-order valence-corrected chi connectivity index (χ0v) is 13.5. The predicted octanol–water partition coefficient (Wildman–Crippen LogP) is 2.20. The lowest BCUT2D eigenvalue weighted by molar-refractivity contribution is 0.0864. The monoisotopic (exact) mass is 325 g/mol. The van der Waals surface area contributed by atoms with E-state index in [2.05, 4.69) is 25.8 Å². The molecule has 0 spiro atoms. The van der Waals surface area contributed by atoms with Gasteiger partial charge in [0.2, 0.25) is 0 Å². The molecule has 0 radical (unpaired) electrons. The quantitative estimate of drug-likeness (QED) is 0.576. The van der Waals surface area contributed by atoms with Crippen molar-refractivity contribution < 1.29 is 9.90 Å². The number of aromatic nitrogens is 3. The molecule has 7 heteroatoms. The number of H-pyrrole nitrogens is 1. The van der Waals surface area contributed by atoms with Crippen LogP contribution in [0.25, 0.3) is 10.9 Å². The van der Waals surface area contributed by atoms with Crippen LogP contribution in [-0.2, 0) is 0 Å². The van der Waals surface area contributed by atoms with Crippen LogP contribution < -0.4 is 10.6 Å². The van der Waals surface area contributed by atoms with Gasteiger partial charge in [0.15, 0.2) is 0 Å². The number of hydrogen-bond acceptors (Lipinski definition) is 5. The Balaban J connectivity index is 1.78. The van der Waals surface area contributed by atoms with Gasteiger partial charge in [-0.3, -0.25) is 14.9 Å². The zero-order chi connectivity index (χ0) is 17.2. The Labute approximate surface area is 139 Å². The molecular weight excluding hydrogens is 306 g/mol. The topological polar surface area (TPSA) is 103 Å². The van der Waals surface area contributed by atoms with Gasteiger partial charge in [0.05, 0.1) is 23.9 Å². The summed E-state index contributed by atoms with van der Waals surface area (Å²) in [6.45, 7) is 3.33. The van der Waals surface area contributed by atoms with Crippen LogP contribution in [0.2, 0.25) is 0 Å². The van der Waals surface area contributed by atoms with Gasteiger partial charge in [0.25, 0.3) is 5.91 Å². The molecule has 0 atom stereocenters. The van der Waals surface area contributed by atoms with Crippen LogP contribution in [-0.4, -0.2) is 38.3 Å². The molecule has 0 bridgehead atoms. The smallest absolute Gasteiger partial charge is 0.270 e. The molecule has 0 aliphatic heterocycles. The van der Waals surface area contributed by atoms with Gasteiger partial charge in [-0.15, -0.1) is 0 Å². The Morgan fingerprint density at radius 1 is 1.25 bits per heavy atom. The van der Waals surface area contributed by atoms with E-state index in [-0.39, 0.29) is 18.2 Å². The number of aromatic amines is 1. The van der Waals surface area contributed by atoms with E-state index in [1.54, 1.807) is 38.4 Å². The average Bonchev–Trinajstić information content (AvgIpc) is 3.02. The van der Waals surface area contributed by atoms with Crippen molar-refractivity contribution in [2.45, 2.75) is 19.4 Å². The van der Waals surface area contributed by atoms with Crippen LogP contribution in [0.1, 0.15) is 24.3 Å². The fourth-order valence-electron chi connectivity index (χ4n) is 2.23. The van der Waals surface area contributed by atoms with Crippen molar-refractivity contribution in [2.24, 2.45) is 0 Å². The number of hydrogen-bond donors (Lipinski definition) is 4. The highest BCUT2D eigenvalue weighted by Crippen LogP contribution is 2.21. The van der Waals surface area contributed by atoms with Crippen molar-refractivity contribution >= 4 is 28.2 Å². The van der Waals surface area contributed by atoms with Crippen LogP contribution in [0.3, 0.4) is 0 Å². The second-order valence-electron chi connectivity index (χ2n) is 6.22. The Hall–Kier alpha value is -2.93. The van der Waals surface area contributed by atoms with Crippen molar-refractivity contribution in [3.63, 3.8) is 0 Å². The van der Waals surface area contributed by atoms with Crippen molar-refractivity contribution in [2.75, 3.05) is 11.9 Å². The van der Waals surface area contributed by atoms with Gasteiger partial charge in [-0.2, -0.15) is 5.10 Å². The molecule has 0 unspecified atom stereocenters. The maximum absolute atomic E-state index is 12.2. The van der Waals surface area contributed by atoms with E-state index in [1.807, 2.05) is 18.2 Å². The van der Waals surface area contributed by atoms with E-state index in [0.29, 0.717) is 0 Å². The normalized spacial score (nSPS) is 11.5. The van der Waals surface area contributed by atoms with Gasteiger partial charge in [-0.1, -0.05) is 0 Å². The van der Waals surface area contributed by atoms with Gasteiger partial charge in [-0.25, -0.2) is 0 Å². The summed E-state index contributed by atoms with van der Waals surface area (Å²) in [5, 5.41) is 23.1. The summed E-state index contributed by atoms with van der Waals surface area (Å²) in [5.74, 6) is -0.331. The molecule has 1 amide bonds. The highest BCUT2D eigenvalue weighted by molar-refractivity contribution is 5.94. The van der Waals surface area contributed by atoms with Crippen LogP contribution in [0, 0.1) is 0 Å². The lowest BCUT2D eigenvalue weighted by atomic mass is 10.1. The number of nitrogens with one attached hydrogen (secondary N) is 3. The van der Waals surface area contributed by atoms with Gasteiger partial charge >= 0.3 is 0 Å². The average molecular weight is 325 g/mol. The Morgan fingerprint density at radius 3 is 2.83 bits per heavy atom. The lowest BCUT2D eigenvalue weighted by Gasteiger charge is -2.23. The van der Waals surface area contributed by atoms with E-state index < -0.39 is 5.54 Å². The highest BCUT2D eigenvalue weighted by atomic mass is 16.3. The molecule has 4 N–H and O–H groups in total. The zero-order valence-electron chi connectivity index (χ0n) is 13.5. The summed E-state index contributed by atoms with van der Waals surface area (Å²) in [5.41, 5.74) is 2.18. The minimum Gasteiger partial charge on any atom is -0.394 e. The van der Waals surface area contributed by atoms with E-state index in [4.69, 9.17) is 0 Å². The minimum atomic E-state index is -0.700. The summed E-state index contributed by atoms with van der Waals surface area (Å²) in [7, 11) is 0. The molecule has 124 valence electrons. The number of rotatable bonds is 5. The predicted molar refractivity (Wildman–Crippen MR) is 92.2 cm³/mol. The SMILES string of the molecule is CC(C)(CO)NC(=O)c1cc(Nc2ccc3[nH]ncc3c2)ccn1. The molecule has 24 heavy (non-hydrogen) atoms. The van der Waals surface area contributed by atoms with Crippen LogP contribution in [0.4, 0.5) is 11.4 Å². The van der Waals surface area contributed by atoms with E-state index >= 15 is 0 Å². The molecule has 3 rings (SSSR count). The molecule has 0 saturated heterocycles. The first kappa shape index (κ1) is 15.9. The fraction of sp³-hybridized carbons (Fsp3) is 0.235. The molecule has 7 nitrogen and oxygen atoms in total. The lowest BCUT2D eigenvalue weighted by Crippen LogP contribution is -2.46. The number of aliphatic hydroxyl groups excluding tert-OH is 1. The third-order valence-electron chi connectivity index (χ3n) is 3.57. The molecular formula is C17H19N5O2. The summed E-state index contributed by atoms with van der Waals surface area (Å²) >= 11 is 0. The van der Waals surface area contributed by atoms with Crippen LogP contribution >= 0.6 is 0 Å². The third-order valence-corrected chi connectivity index (χ3v) is 3.57. The number of benzene rings is 1. The first-order valence-corrected chi connectivity index (χ1v) is 7.56. The molecule has 0 aliphatic rings. The summed E-state index contributed by atoms with van der Waals surface area (Å²) in [4.78, 5) is 16.3. The summed E-state index contributed by atoms with van der Waals surface area (Å²) < 4.78 is 0. The molecule has 0 aliphatic carbocycles. The second kappa shape index (κ2) is 6.29. The number of carbonyl (C=O) groups excluding carboxylic acids is 1. The second-order valence-corrected chi connectivity index (χ2v) is 6.22. The Bertz CT molecular complexity index is 872. The number of amides is 1. The number of anilines is 2. The van der Waals surface area contributed by atoms with Gasteiger partial charge < -0.3 is 15.7 Å². The summed E-state index contributed by atoms with van der Waals surface area (Å²) in [6.07, 6.45) is 3.32. The van der Waals surface area contributed by atoms with Crippen molar-refractivity contribution in [3.05, 3.63) is 48.4 Å². The van der Waals surface area contributed by atoms with Crippen molar-refractivity contribution in [1.82, 2.24) is 20.5 Å². The maximum Gasteiger partial charge on any atom is 0.270 e. The number of pyridine rings is 1. The largest absolute Gasteiger partial charge is 0.394 e. The van der Waals surface area contributed by atoms with E-state index in [1.165, 1.54) is 0 Å². The molecule has 1 aromatic carbocycles. The first-order chi connectivity index (χ1) is 11.5. The number of fused-ring (bicyclic) bond motifs is 1. The number of nitrogens with zero attached hydrogens (tertiary/aromatic N) is 2. The van der Waals surface area contributed by atoms with Crippen LogP contribution in [0.15, 0.2) is 42.7 Å². The fourth-order valence-corrected chi connectivity index (χ4v) is 2.23. The standard InChI is InChI=1S/C17H19N5O2/c1-17(2,10-23)21-16(24)15-8-13(5-6-18-15)20-12-3-4-14-11(7-12)9-19-22-14/h3-9,23H,10H2,1-2H3,(H,18,20)(H,19,22)(H,21,24). The van der Waals surface area contributed by atoms with Gasteiger partial charge in [0, 0.05) is 23.0 Å². The third kappa shape index (κ3) is 3.52. The molecule has 2 heterocycles. The Kier molecular flexibility index (Phi) is 4.18. The van der Waals surface area contributed by atoms with E-state index in [0.717, 1.165) is 22.3 Å². The molecule has 2 aromatic heterocycles. The highest BCUT2D eigenvalue weighted by Gasteiger charge is 2.20. The minimum absolute atomic E-state index is 0.151. The number of aliphatic hydroxyl groups is 1. The van der Waals surface area contributed by atoms with Crippen LogP contribution in [0.5, 0.6) is 0 Å².